The number of rotatable bonds is 9. The minimum atomic E-state index is -0.345. The van der Waals surface area contributed by atoms with Gasteiger partial charge in [0.05, 0.1) is 30.5 Å². The van der Waals surface area contributed by atoms with Crippen LogP contribution in [0.4, 0.5) is 11.4 Å². The molecule has 0 aliphatic rings. The zero-order chi connectivity index (χ0) is 23.9. The average Bonchev–Trinajstić information content (AvgIpc) is 3.24. The highest BCUT2D eigenvalue weighted by Crippen LogP contribution is 2.32. The highest BCUT2D eigenvalue weighted by Gasteiger charge is 2.20. The highest BCUT2D eigenvalue weighted by atomic mass is 16.5. The summed E-state index contributed by atoms with van der Waals surface area (Å²) in [5, 5.41) is 6.35. The van der Waals surface area contributed by atoms with Crippen LogP contribution in [0.2, 0.25) is 0 Å². The van der Waals surface area contributed by atoms with Crippen LogP contribution in [-0.2, 0) is 0 Å². The molecular weight excluding hydrogens is 434 g/mol. The van der Waals surface area contributed by atoms with Crippen LogP contribution in [0.5, 0.6) is 11.5 Å². The number of amides is 2. The number of nitrogen functional groups attached to an aromatic ring is 1. The van der Waals surface area contributed by atoms with Crippen LogP contribution in [0.25, 0.3) is 11.0 Å². The summed E-state index contributed by atoms with van der Waals surface area (Å²) in [6.07, 6.45) is 0.587. The van der Waals surface area contributed by atoms with E-state index in [9.17, 15) is 9.59 Å². The Morgan fingerprint density at radius 3 is 2.44 bits per heavy atom. The lowest BCUT2D eigenvalue weighted by molar-refractivity contribution is 0.0921. The summed E-state index contributed by atoms with van der Waals surface area (Å²) >= 11 is 0. The van der Waals surface area contributed by atoms with Crippen molar-refractivity contribution in [3.63, 3.8) is 0 Å². The number of benzene rings is 3. The van der Waals surface area contributed by atoms with Gasteiger partial charge < -0.3 is 30.3 Å². The molecule has 3 aromatic carbocycles. The molecule has 4 N–H and O–H groups in total. The fourth-order valence-corrected chi connectivity index (χ4v) is 3.43. The Balaban J connectivity index is 1.23. The molecule has 1 aromatic heterocycles. The summed E-state index contributed by atoms with van der Waals surface area (Å²) in [7, 11) is 1.51. The van der Waals surface area contributed by atoms with Crippen molar-refractivity contribution in [2.24, 2.45) is 0 Å². The fourth-order valence-electron chi connectivity index (χ4n) is 3.43. The van der Waals surface area contributed by atoms with E-state index in [0.29, 0.717) is 53.6 Å². The van der Waals surface area contributed by atoms with Gasteiger partial charge in [0.1, 0.15) is 11.3 Å². The van der Waals surface area contributed by atoms with Gasteiger partial charge in [-0.15, -0.1) is 0 Å². The maximum absolute atomic E-state index is 12.5. The van der Waals surface area contributed by atoms with Gasteiger partial charge in [0.15, 0.2) is 5.75 Å². The van der Waals surface area contributed by atoms with E-state index in [2.05, 4.69) is 10.6 Å². The summed E-state index contributed by atoms with van der Waals surface area (Å²) in [5.74, 6) is 0.593. The van der Waals surface area contributed by atoms with Crippen molar-refractivity contribution >= 4 is 34.2 Å². The molecule has 0 fully saturated rings. The molecular formula is C26H25N3O5. The first-order valence-electron chi connectivity index (χ1n) is 10.8. The van der Waals surface area contributed by atoms with Crippen LogP contribution in [0, 0.1) is 0 Å². The molecule has 34 heavy (non-hydrogen) atoms. The first-order chi connectivity index (χ1) is 16.6. The Morgan fingerprint density at radius 1 is 0.941 bits per heavy atom. The SMILES string of the molecule is COc1c(C(=O)NCCCOc2ccc(C(=O)Nc3ccccc3N)cc2)oc2ccccc12. The molecule has 1 heterocycles. The predicted octanol–water partition coefficient (Wildman–Crippen LogP) is 4.47. The summed E-state index contributed by atoms with van der Waals surface area (Å²) in [6, 6.07) is 21.2. The van der Waals surface area contributed by atoms with E-state index in [1.54, 1.807) is 54.6 Å². The number of ether oxygens (including phenoxy) is 2. The van der Waals surface area contributed by atoms with Crippen LogP contribution >= 0.6 is 0 Å². The number of methoxy groups -OCH3 is 1. The summed E-state index contributed by atoms with van der Waals surface area (Å²) in [5.41, 5.74) is 8.01. The van der Waals surface area contributed by atoms with Gasteiger partial charge in [-0.3, -0.25) is 9.59 Å². The number of carbonyl (C=O) groups excluding carboxylic acids is 2. The quantitative estimate of drug-likeness (QED) is 0.251. The second-order valence-corrected chi connectivity index (χ2v) is 7.48. The lowest BCUT2D eigenvalue weighted by Gasteiger charge is -2.09. The standard InChI is InChI=1S/C26H25N3O5/c1-32-23-19-7-2-5-10-22(19)34-24(23)26(31)28-15-6-16-33-18-13-11-17(12-14-18)25(30)29-21-9-4-3-8-20(21)27/h2-5,7-14H,6,15-16,27H2,1H3,(H,28,31)(H,29,30). The van der Waals surface area contributed by atoms with E-state index in [-0.39, 0.29) is 17.6 Å². The minimum absolute atomic E-state index is 0.149. The number of hydrogen-bond acceptors (Lipinski definition) is 6. The zero-order valence-electron chi connectivity index (χ0n) is 18.7. The normalized spacial score (nSPS) is 10.6. The molecule has 0 bridgehead atoms. The van der Waals surface area contributed by atoms with Crippen molar-refractivity contribution in [3.8, 4) is 11.5 Å². The van der Waals surface area contributed by atoms with Crippen LogP contribution in [0.3, 0.4) is 0 Å². The lowest BCUT2D eigenvalue weighted by atomic mass is 10.2. The van der Waals surface area contributed by atoms with Crippen LogP contribution in [0.1, 0.15) is 27.3 Å². The lowest BCUT2D eigenvalue weighted by Crippen LogP contribution is -2.25. The van der Waals surface area contributed by atoms with E-state index >= 15 is 0 Å². The van der Waals surface area contributed by atoms with Crippen molar-refractivity contribution in [3.05, 3.63) is 84.1 Å². The molecule has 2 amide bonds. The highest BCUT2D eigenvalue weighted by molar-refractivity contribution is 6.05. The van der Waals surface area contributed by atoms with Crippen molar-refractivity contribution in [2.75, 3.05) is 31.3 Å². The largest absolute Gasteiger partial charge is 0.494 e. The number of nitrogens with one attached hydrogen (secondary N) is 2. The molecule has 4 rings (SSSR count). The van der Waals surface area contributed by atoms with E-state index in [1.807, 2.05) is 18.2 Å². The molecule has 0 saturated heterocycles. The van der Waals surface area contributed by atoms with Crippen molar-refractivity contribution in [1.82, 2.24) is 5.32 Å². The molecule has 0 aliphatic carbocycles. The van der Waals surface area contributed by atoms with Crippen molar-refractivity contribution in [2.45, 2.75) is 6.42 Å². The third kappa shape index (κ3) is 5.12. The number of fused-ring (bicyclic) bond motifs is 1. The van der Waals surface area contributed by atoms with Gasteiger partial charge in [0.2, 0.25) is 5.76 Å². The average molecular weight is 460 g/mol. The predicted molar refractivity (Wildman–Crippen MR) is 130 cm³/mol. The fraction of sp³-hybridized carbons (Fsp3) is 0.154. The monoisotopic (exact) mass is 459 g/mol. The minimum Gasteiger partial charge on any atom is -0.494 e. The molecule has 8 nitrogen and oxygen atoms in total. The third-order valence-electron chi connectivity index (χ3n) is 5.16. The van der Waals surface area contributed by atoms with Gasteiger partial charge in [-0.25, -0.2) is 0 Å². The Morgan fingerprint density at radius 2 is 1.68 bits per heavy atom. The van der Waals surface area contributed by atoms with E-state index in [4.69, 9.17) is 19.6 Å². The number of anilines is 2. The Labute approximate surface area is 196 Å². The molecule has 0 unspecified atom stereocenters. The van der Waals surface area contributed by atoms with Crippen LogP contribution < -0.4 is 25.8 Å². The van der Waals surface area contributed by atoms with Gasteiger partial charge in [-0.05, 0) is 55.0 Å². The van der Waals surface area contributed by atoms with Gasteiger partial charge in [-0.2, -0.15) is 0 Å². The molecule has 0 spiro atoms. The second kappa shape index (κ2) is 10.4. The Kier molecular flexibility index (Phi) is 6.98. The number of nitrogens with two attached hydrogens (primary N) is 1. The van der Waals surface area contributed by atoms with Gasteiger partial charge in [0, 0.05) is 12.1 Å². The molecule has 0 saturated carbocycles. The first kappa shape index (κ1) is 22.7. The van der Waals surface area contributed by atoms with Crippen LogP contribution in [0.15, 0.2) is 77.2 Å². The molecule has 0 atom stereocenters. The van der Waals surface area contributed by atoms with E-state index in [0.717, 1.165) is 5.39 Å². The van der Waals surface area contributed by atoms with Gasteiger partial charge >= 0.3 is 0 Å². The smallest absolute Gasteiger partial charge is 0.290 e. The molecule has 0 aliphatic heterocycles. The molecule has 8 heteroatoms. The van der Waals surface area contributed by atoms with Crippen molar-refractivity contribution < 1.29 is 23.5 Å². The first-order valence-corrected chi connectivity index (χ1v) is 10.8. The second-order valence-electron chi connectivity index (χ2n) is 7.48. The Hall–Kier alpha value is -4.46. The number of para-hydroxylation sites is 3. The number of carbonyl (C=O) groups is 2. The third-order valence-corrected chi connectivity index (χ3v) is 5.16. The van der Waals surface area contributed by atoms with Crippen LogP contribution in [-0.4, -0.2) is 32.1 Å². The molecule has 174 valence electrons. The Bertz CT molecular complexity index is 1300. The topological polar surface area (TPSA) is 116 Å². The maximum Gasteiger partial charge on any atom is 0.290 e. The molecule has 4 aromatic rings. The summed E-state index contributed by atoms with van der Waals surface area (Å²) in [4.78, 5) is 24.9. The van der Waals surface area contributed by atoms with Crippen molar-refractivity contribution in [1.29, 1.82) is 0 Å². The number of furan rings is 1. The molecule has 0 radical (unpaired) electrons. The van der Waals surface area contributed by atoms with Gasteiger partial charge in [0.25, 0.3) is 11.8 Å². The summed E-state index contributed by atoms with van der Waals surface area (Å²) in [6.45, 7) is 0.793. The summed E-state index contributed by atoms with van der Waals surface area (Å²) < 4.78 is 16.7. The van der Waals surface area contributed by atoms with E-state index < -0.39 is 0 Å². The maximum atomic E-state index is 12.5. The zero-order valence-corrected chi connectivity index (χ0v) is 18.7. The van der Waals surface area contributed by atoms with E-state index in [1.165, 1.54) is 7.11 Å². The number of hydrogen-bond donors (Lipinski definition) is 3. The van der Waals surface area contributed by atoms with Gasteiger partial charge in [-0.1, -0.05) is 24.3 Å².